The van der Waals surface area contributed by atoms with Crippen LogP contribution in [0.25, 0.3) is 11.3 Å². The molecule has 0 aliphatic heterocycles. The second-order valence-electron chi connectivity index (χ2n) is 5.86. The van der Waals surface area contributed by atoms with Crippen molar-refractivity contribution in [2.45, 2.75) is 46.0 Å². The predicted molar refractivity (Wildman–Crippen MR) is 105 cm³/mol. The summed E-state index contributed by atoms with van der Waals surface area (Å²) in [5.74, 6) is 0.0410. The number of amides is 1. The predicted octanol–water partition coefficient (Wildman–Crippen LogP) is 4.70. The molecular formula is C18H26ClN3OS. The maximum absolute atomic E-state index is 11.9. The van der Waals surface area contributed by atoms with E-state index in [9.17, 15) is 4.79 Å². The second kappa shape index (κ2) is 10.4. The number of nitrogens with two attached hydrogens (primary N) is 1. The number of nitrogens with one attached hydrogen (secondary N) is 1. The summed E-state index contributed by atoms with van der Waals surface area (Å²) in [5, 5.41) is 5.57. The average molecular weight is 368 g/mol. The highest BCUT2D eigenvalue weighted by Gasteiger charge is 2.09. The van der Waals surface area contributed by atoms with Crippen LogP contribution in [0.3, 0.4) is 0 Å². The Kier molecular flexibility index (Phi) is 8.97. The highest BCUT2D eigenvalue weighted by Crippen LogP contribution is 2.28. The van der Waals surface area contributed by atoms with Crippen molar-refractivity contribution >= 4 is 34.8 Å². The molecule has 132 valence electrons. The number of aryl methyl sites for hydroxylation is 2. The molecule has 0 fully saturated rings. The summed E-state index contributed by atoms with van der Waals surface area (Å²) in [5.41, 5.74) is 9.94. The summed E-state index contributed by atoms with van der Waals surface area (Å²) in [6.45, 7) is 4.89. The first-order chi connectivity index (χ1) is 11.1. The third-order valence-electron chi connectivity index (χ3n) is 3.77. The standard InChI is InChI=1S/C18H25N3OS.ClH/c1-13-8-9-15(14(2)11-13)16-12-23-18(20-16)21-17(22)7-5-3-4-6-10-19;/h8-9,11-12H,3-7,10,19H2,1-2H3,(H,20,21,22);1H. The molecule has 1 heterocycles. The number of carbonyl (C=O) groups excluding carboxylic acids is 1. The van der Waals surface area contributed by atoms with Crippen LogP contribution in [0.4, 0.5) is 5.13 Å². The van der Waals surface area contributed by atoms with Crippen LogP contribution in [-0.2, 0) is 4.79 Å². The molecule has 4 nitrogen and oxygen atoms in total. The van der Waals surface area contributed by atoms with Gasteiger partial charge in [-0.15, -0.1) is 23.7 Å². The van der Waals surface area contributed by atoms with E-state index in [4.69, 9.17) is 5.73 Å². The molecule has 2 rings (SSSR count). The Labute approximate surface area is 154 Å². The van der Waals surface area contributed by atoms with Crippen molar-refractivity contribution in [1.82, 2.24) is 4.98 Å². The van der Waals surface area contributed by atoms with E-state index in [-0.39, 0.29) is 18.3 Å². The lowest BCUT2D eigenvalue weighted by molar-refractivity contribution is -0.116. The molecule has 2 aromatic rings. The van der Waals surface area contributed by atoms with E-state index in [2.05, 4.69) is 42.3 Å². The molecule has 24 heavy (non-hydrogen) atoms. The van der Waals surface area contributed by atoms with E-state index in [1.165, 1.54) is 22.5 Å². The number of nitrogens with zero attached hydrogens (tertiary/aromatic N) is 1. The summed E-state index contributed by atoms with van der Waals surface area (Å²) in [4.78, 5) is 16.5. The molecule has 0 radical (unpaired) electrons. The first-order valence-electron chi connectivity index (χ1n) is 8.13. The van der Waals surface area contributed by atoms with Gasteiger partial charge in [-0.25, -0.2) is 4.98 Å². The quantitative estimate of drug-likeness (QED) is 0.664. The van der Waals surface area contributed by atoms with E-state index in [1.807, 2.05) is 5.38 Å². The summed E-state index contributed by atoms with van der Waals surface area (Å²) < 4.78 is 0. The lowest BCUT2D eigenvalue weighted by atomic mass is 10.0. The Balaban J connectivity index is 0.00000288. The Bertz CT molecular complexity index is 657. The molecular weight excluding hydrogens is 342 g/mol. The maximum Gasteiger partial charge on any atom is 0.226 e. The minimum atomic E-state index is 0. The van der Waals surface area contributed by atoms with Gasteiger partial charge < -0.3 is 11.1 Å². The van der Waals surface area contributed by atoms with Gasteiger partial charge in [0.2, 0.25) is 5.91 Å². The fraction of sp³-hybridized carbons (Fsp3) is 0.444. The van der Waals surface area contributed by atoms with E-state index in [1.54, 1.807) is 0 Å². The summed E-state index contributed by atoms with van der Waals surface area (Å²) in [6.07, 6.45) is 4.63. The van der Waals surface area contributed by atoms with E-state index >= 15 is 0 Å². The maximum atomic E-state index is 11.9. The number of anilines is 1. The zero-order valence-corrected chi connectivity index (χ0v) is 15.9. The van der Waals surface area contributed by atoms with E-state index in [0.717, 1.165) is 43.5 Å². The van der Waals surface area contributed by atoms with Crippen LogP contribution in [0, 0.1) is 13.8 Å². The van der Waals surface area contributed by atoms with Gasteiger partial charge in [0.15, 0.2) is 5.13 Å². The van der Waals surface area contributed by atoms with Crippen LogP contribution >= 0.6 is 23.7 Å². The molecule has 0 bridgehead atoms. The van der Waals surface area contributed by atoms with Crippen molar-refractivity contribution in [1.29, 1.82) is 0 Å². The number of aromatic nitrogens is 1. The average Bonchev–Trinajstić information content (AvgIpc) is 2.95. The third kappa shape index (κ3) is 6.23. The second-order valence-corrected chi connectivity index (χ2v) is 6.72. The van der Waals surface area contributed by atoms with Gasteiger partial charge in [-0.05, 0) is 38.8 Å². The molecule has 6 heteroatoms. The lowest BCUT2D eigenvalue weighted by Crippen LogP contribution is -2.10. The monoisotopic (exact) mass is 367 g/mol. The number of carbonyl (C=O) groups is 1. The van der Waals surface area contributed by atoms with Crippen LogP contribution < -0.4 is 11.1 Å². The number of benzene rings is 1. The fourth-order valence-corrected chi connectivity index (χ4v) is 3.25. The molecule has 0 saturated carbocycles. The number of halogens is 1. The molecule has 1 aromatic carbocycles. The Morgan fingerprint density at radius 1 is 1.21 bits per heavy atom. The van der Waals surface area contributed by atoms with Crippen LogP contribution in [0.2, 0.25) is 0 Å². The highest BCUT2D eigenvalue weighted by molar-refractivity contribution is 7.14. The van der Waals surface area contributed by atoms with E-state index in [0.29, 0.717) is 11.6 Å². The minimum absolute atomic E-state index is 0. The van der Waals surface area contributed by atoms with Gasteiger partial charge in [-0.3, -0.25) is 4.79 Å². The Morgan fingerprint density at radius 2 is 1.96 bits per heavy atom. The zero-order valence-electron chi connectivity index (χ0n) is 14.3. The van der Waals surface area contributed by atoms with Crippen molar-refractivity contribution < 1.29 is 4.79 Å². The molecule has 0 unspecified atom stereocenters. The molecule has 0 saturated heterocycles. The van der Waals surface area contributed by atoms with Gasteiger partial charge >= 0.3 is 0 Å². The summed E-state index contributed by atoms with van der Waals surface area (Å²) in [6, 6.07) is 6.32. The van der Waals surface area contributed by atoms with Crippen LogP contribution in [-0.4, -0.2) is 17.4 Å². The molecule has 1 amide bonds. The third-order valence-corrected chi connectivity index (χ3v) is 4.52. The highest BCUT2D eigenvalue weighted by atomic mass is 35.5. The van der Waals surface area contributed by atoms with Crippen molar-refractivity contribution in [3.8, 4) is 11.3 Å². The number of unbranched alkanes of at least 4 members (excludes halogenated alkanes) is 3. The molecule has 0 atom stereocenters. The summed E-state index contributed by atoms with van der Waals surface area (Å²) >= 11 is 1.47. The van der Waals surface area contributed by atoms with Gasteiger partial charge in [0.25, 0.3) is 0 Å². The molecule has 0 aliphatic rings. The Morgan fingerprint density at radius 3 is 2.67 bits per heavy atom. The van der Waals surface area contributed by atoms with E-state index < -0.39 is 0 Å². The van der Waals surface area contributed by atoms with Crippen LogP contribution in [0.15, 0.2) is 23.6 Å². The Hall–Kier alpha value is -1.43. The normalized spacial score (nSPS) is 10.3. The molecule has 0 aliphatic carbocycles. The first kappa shape index (κ1) is 20.6. The van der Waals surface area contributed by atoms with Crippen LogP contribution in [0.1, 0.15) is 43.2 Å². The van der Waals surface area contributed by atoms with Gasteiger partial charge in [-0.1, -0.05) is 36.6 Å². The van der Waals surface area contributed by atoms with Gasteiger partial charge in [-0.2, -0.15) is 0 Å². The van der Waals surface area contributed by atoms with Gasteiger partial charge in [0, 0.05) is 17.4 Å². The molecule has 0 spiro atoms. The van der Waals surface area contributed by atoms with Crippen molar-refractivity contribution in [2.75, 3.05) is 11.9 Å². The zero-order chi connectivity index (χ0) is 16.7. The van der Waals surface area contributed by atoms with Crippen molar-refractivity contribution in [3.05, 3.63) is 34.7 Å². The SMILES string of the molecule is Cc1ccc(-c2csc(NC(=O)CCCCCCN)n2)c(C)c1.Cl. The topological polar surface area (TPSA) is 68.0 Å². The van der Waals surface area contributed by atoms with Crippen LogP contribution in [0.5, 0.6) is 0 Å². The number of thiazole rings is 1. The van der Waals surface area contributed by atoms with Crippen molar-refractivity contribution in [2.24, 2.45) is 5.73 Å². The largest absolute Gasteiger partial charge is 0.330 e. The molecule has 1 aromatic heterocycles. The van der Waals surface area contributed by atoms with Gasteiger partial charge in [0.1, 0.15) is 0 Å². The molecule has 3 N–H and O–H groups in total. The van der Waals surface area contributed by atoms with Gasteiger partial charge in [0.05, 0.1) is 5.69 Å². The fourth-order valence-electron chi connectivity index (χ4n) is 2.52. The minimum Gasteiger partial charge on any atom is -0.330 e. The lowest BCUT2D eigenvalue weighted by Gasteiger charge is -2.04. The number of hydrogen-bond acceptors (Lipinski definition) is 4. The number of hydrogen-bond donors (Lipinski definition) is 2. The van der Waals surface area contributed by atoms with Crippen molar-refractivity contribution in [3.63, 3.8) is 0 Å². The number of rotatable bonds is 8. The summed E-state index contributed by atoms with van der Waals surface area (Å²) in [7, 11) is 0. The smallest absolute Gasteiger partial charge is 0.226 e. The first-order valence-corrected chi connectivity index (χ1v) is 9.01.